The van der Waals surface area contributed by atoms with Gasteiger partial charge in [0.25, 0.3) is 0 Å². The lowest BCUT2D eigenvalue weighted by Crippen LogP contribution is -2.47. The maximum absolute atomic E-state index is 6.06. The zero-order valence-electron chi connectivity index (χ0n) is 14.5. The quantitative estimate of drug-likeness (QED) is 0.553. The second kappa shape index (κ2) is 5.94. The summed E-state index contributed by atoms with van der Waals surface area (Å²) in [6.07, 6.45) is 3.44. The van der Waals surface area contributed by atoms with Gasteiger partial charge in [-0.05, 0) is 25.1 Å². The molecule has 0 unspecified atom stereocenters. The van der Waals surface area contributed by atoms with Gasteiger partial charge in [0.2, 0.25) is 0 Å². The third-order valence-electron chi connectivity index (χ3n) is 4.80. The molecule has 26 heavy (non-hydrogen) atoms. The van der Waals surface area contributed by atoms with E-state index >= 15 is 0 Å². The van der Waals surface area contributed by atoms with Crippen molar-refractivity contribution in [3.8, 4) is 0 Å². The predicted octanol–water partition coefficient (Wildman–Crippen LogP) is 2.80. The van der Waals surface area contributed by atoms with Crippen LogP contribution >= 0.6 is 0 Å². The van der Waals surface area contributed by atoms with E-state index < -0.39 is 0 Å². The van der Waals surface area contributed by atoms with E-state index in [1.165, 1.54) is 0 Å². The minimum Gasteiger partial charge on any atom is -0.450 e. The van der Waals surface area contributed by atoms with Gasteiger partial charge >= 0.3 is 0 Å². The number of para-hydroxylation sites is 1. The number of nitrogens with zero attached hydrogens (tertiary/aromatic N) is 6. The van der Waals surface area contributed by atoms with Crippen molar-refractivity contribution in [3.05, 3.63) is 48.7 Å². The third kappa shape index (κ3) is 2.44. The van der Waals surface area contributed by atoms with Crippen LogP contribution < -0.4 is 9.80 Å². The summed E-state index contributed by atoms with van der Waals surface area (Å²) < 4.78 is 6.06. The van der Waals surface area contributed by atoms with Gasteiger partial charge in [0.05, 0.1) is 0 Å². The summed E-state index contributed by atoms with van der Waals surface area (Å²) in [5.74, 6) is 2.64. The van der Waals surface area contributed by atoms with Crippen LogP contribution in [0.4, 0.5) is 11.6 Å². The number of aromatic nitrogens is 4. The van der Waals surface area contributed by atoms with Gasteiger partial charge < -0.3 is 14.2 Å². The molecule has 1 aliphatic rings. The first-order valence-electron chi connectivity index (χ1n) is 8.71. The fraction of sp³-hybridized carbons (Fsp3) is 0.263. The Hall–Kier alpha value is -3.22. The number of aryl methyl sites for hydroxylation is 1. The Morgan fingerprint density at radius 2 is 1.73 bits per heavy atom. The standard InChI is InChI=1S/C19H18N6O/c1-13-20-7-6-16(23-13)24-8-10-25(11-9-24)19-18-17(21-12-22-19)14-4-2-3-5-15(14)26-18/h2-7,12H,8-11H2,1H3. The minimum absolute atomic E-state index is 0.764. The Kier molecular flexibility index (Phi) is 3.44. The fourth-order valence-electron chi connectivity index (χ4n) is 3.50. The lowest BCUT2D eigenvalue weighted by Gasteiger charge is -2.35. The van der Waals surface area contributed by atoms with Crippen LogP contribution in [0.25, 0.3) is 22.1 Å². The highest BCUT2D eigenvalue weighted by Gasteiger charge is 2.23. The Morgan fingerprint density at radius 1 is 0.923 bits per heavy atom. The smallest absolute Gasteiger partial charge is 0.196 e. The molecular formula is C19H18N6O. The van der Waals surface area contributed by atoms with E-state index in [2.05, 4.69) is 29.7 Å². The molecule has 3 aromatic heterocycles. The molecule has 0 aliphatic carbocycles. The van der Waals surface area contributed by atoms with Gasteiger partial charge in [-0.15, -0.1) is 0 Å². The number of anilines is 2. The number of furan rings is 1. The van der Waals surface area contributed by atoms with Crippen LogP contribution in [0.3, 0.4) is 0 Å². The average molecular weight is 346 g/mol. The number of hydrogen-bond donors (Lipinski definition) is 0. The SMILES string of the molecule is Cc1nccc(N2CCN(c3ncnc4c3oc3ccccc34)CC2)n1. The molecule has 1 fully saturated rings. The average Bonchev–Trinajstić information content (AvgIpc) is 3.07. The van der Waals surface area contributed by atoms with Crippen LogP contribution in [0.5, 0.6) is 0 Å². The van der Waals surface area contributed by atoms with E-state index in [0.717, 1.165) is 65.7 Å². The zero-order chi connectivity index (χ0) is 17.5. The van der Waals surface area contributed by atoms with Gasteiger partial charge in [0.15, 0.2) is 11.4 Å². The second-order valence-electron chi connectivity index (χ2n) is 6.41. The molecule has 1 aromatic carbocycles. The highest BCUT2D eigenvalue weighted by Crippen LogP contribution is 2.32. The summed E-state index contributed by atoms with van der Waals surface area (Å²) in [4.78, 5) is 22.2. The molecule has 5 rings (SSSR count). The third-order valence-corrected chi connectivity index (χ3v) is 4.80. The lowest BCUT2D eigenvalue weighted by atomic mass is 10.2. The van der Waals surface area contributed by atoms with Crippen LogP contribution in [0, 0.1) is 6.92 Å². The van der Waals surface area contributed by atoms with Crippen molar-refractivity contribution in [1.82, 2.24) is 19.9 Å². The van der Waals surface area contributed by atoms with E-state index in [-0.39, 0.29) is 0 Å². The Morgan fingerprint density at radius 3 is 2.58 bits per heavy atom. The van der Waals surface area contributed by atoms with Gasteiger partial charge in [0, 0.05) is 37.8 Å². The first-order chi connectivity index (χ1) is 12.8. The summed E-state index contributed by atoms with van der Waals surface area (Å²) in [7, 11) is 0. The van der Waals surface area contributed by atoms with Crippen molar-refractivity contribution in [2.24, 2.45) is 0 Å². The molecule has 0 radical (unpaired) electrons. The number of benzene rings is 1. The van der Waals surface area contributed by atoms with Crippen LogP contribution in [-0.4, -0.2) is 46.1 Å². The van der Waals surface area contributed by atoms with Gasteiger partial charge in [-0.1, -0.05) is 12.1 Å². The lowest BCUT2D eigenvalue weighted by molar-refractivity contribution is 0.625. The maximum Gasteiger partial charge on any atom is 0.196 e. The Bertz CT molecular complexity index is 1080. The van der Waals surface area contributed by atoms with Crippen molar-refractivity contribution in [2.75, 3.05) is 36.0 Å². The molecule has 4 heterocycles. The first-order valence-corrected chi connectivity index (χ1v) is 8.71. The Balaban J connectivity index is 1.45. The minimum atomic E-state index is 0.764. The highest BCUT2D eigenvalue weighted by molar-refractivity contribution is 6.05. The van der Waals surface area contributed by atoms with E-state index in [4.69, 9.17) is 4.42 Å². The molecule has 0 spiro atoms. The topological polar surface area (TPSA) is 71.2 Å². The zero-order valence-corrected chi connectivity index (χ0v) is 14.5. The van der Waals surface area contributed by atoms with Gasteiger partial charge in [-0.2, -0.15) is 0 Å². The molecule has 7 nitrogen and oxygen atoms in total. The molecule has 0 N–H and O–H groups in total. The molecule has 1 saturated heterocycles. The molecular weight excluding hydrogens is 328 g/mol. The van der Waals surface area contributed by atoms with Crippen LogP contribution in [0.15, 0.2) is 47.3 Å². The van der Waals surface area contributed by atoms with Gasteiger partial charge in [-0.25, -0.2) is 19.9 Å². The number of hydrogen-bond acceptors (Lipinski definition) is 7. The number of fused-ring (bicyclic) bond motifs is 3. The van der Waals surface area contributed by atoms with Crippen molar-refractivity contribution in [1.29, 1.82) is 0 Å². The summed E-state index contributed by atoms with van der Waals surface area (Å²) in [5.41, 5.74) is 2.49. The predicted molar refractivity (Wildman–Crippen MR) is 101 cm³/mol. The van der Waals surface area contributed by atoms with E-state index in [1.54, 1.807) is 6.33 Å². The first kappa shape index (κ1) is 15.1. The molecule has 4 aromatic rings. The van der Waals surface area contributed by atoms with E-state index in [1.807, 2.05) is 43.5 Å². The van der Waals surface area contributed by atoms with Gasteiger partial charge in [-0.3, -0.25) is 0 Å². The van der Waals surface area contributed by atoms with Crippen molar-refractivity contribution >= 4 is 33.7 Å². The molecule has 0 bridgehead atoms. The largest absolute Gasteiger partial charge is 0.450 e. The van der Waals surface area contributed by atoms with Gasteiger partial charge in [0.1, 0.15) is 29.1 Å². The molecule has 0 amide bonds. The summed E-state index contributed by atoms with van der Waals surface area (Å²) in [5, 5.41) is 1.03. The Labute approximate surface area is 150 Å². The molecule has 130 valence electrons. The fourth-order valence-corrected chi connectivity index (χ4v) is 3.50. The summed E-state index contributed by atoms with van der Waals surface area (Å²) in [6, 6.07) is 9.94. The van der Waals surface area contributed by atoms with Crippen molar-refractivity contribution in [2.45, 2.75) is 6.92 Å². The number of piperazine rings is 1. The van der Waals surface area contributed by atoms with Crippen LogP contribution in [0.2, 0.25) is 0 Å². The van der Waals surface area contributed by atoms with Crippen molar-refractivity contribution < 1.29 is 4.42 Å². The van der Waals surface area contributed by atoms with E-state index in [0.29, 0.717) is 0 Å². The van der Waals surface area contributed by atoms with Crippen LogP contribution in [0.1, 0.15) is 5.82 Å². The molecule has 0 saturated carbocycles. The second-order valence-corrected chi connectivity index (χ2v) is 6.41. The monoisotopic (exact) mass is 346 g/mol. The molecule has 1 aliphatic heterocycles. The van der Waals surface area contributed by atoms with Crippen LogP contribution in [-0.2, 0) is 0 Å². The normalized spacial score (nSPS) is 15.1. The maximum atomic E-state index is 6.06. The number of rotatable bonds is 2. The summed E-state index contributed by atoms with van der Waals surface area (Å²) in [6.45, 7) is 5.38. The molecule has 7 heteroatoms. The summed E-state index contributed by atoms with van der Waals surface area (Å²) >= 11 is 0. The molecule has 0 atom stereocenters. The van der Waals surface area contributed by atoms with E-state index in [9.17, 15) is 0 Å². The van der Waals surface area contributed by atoms with Crippen molar-refractivity contribution in [3.63, 3.8) is 0 Å². The highest BCUT2D eigenvalue weighted by atomic mass is 16.3.